The zero-order chi connectivity index (χ0) is 11.8. The molecular weight excluding hydrogens is 230 g/mol. The molecular formula is C13H17N3S. The smallest absolute Gasteiger partial charge is 0.0956 e. The predicted octanol–water partition coefficient (Wildman–Crippen LogP) is 3.54. The van der Waals surface area contributed by atoms with Gasteiger partial charge >= 0.3 is 0 Å². The highest BCUT2D eigenvalue weighted by Crippen LogP contribution is 2.32. The monoisotopic (exact) mass is 247 g/mol. The summed E-state index contributed by atoms with van der Waals surface area (Å²) in [6.07, 6.45) is 8.81. The van der Waals surface area contributed by atoms with Crippen LogP contribution in [0.2, 0.25) is 0 Å². The highest BCUT2D eigenvalue weighted by molar-refractivity contribution is 7.15. The van der Waals surface area contributed by atoms with Gasteiger partial charge in [0, 0.05) is 30.4 Å². The summed E-state index contributed by atoms with van der Waals surface area (Å²) in [7, 11) is 0. The van der Waals surface area contributed by atoms with Crippen LogP contribution in [0, 0.1) is 5.92 Å². The number of thiazole rings is 1. The van der Waals surface area contributed by atoms with Crippen molar-refractivity contribution in [2.45, 2.75) is 39.2 Å². The molecule has 3 rings (SSSR count). The molecule has 90 valence electrons. The minimum Gasteiger partial charge on any atom is -0.272 e. The van der Waals surface area contributed by atoms with Gasteiger partial charge in [-0.1, -0.05) is 13.8 Å². The molecule has 1 aliphatic carbocycles. The molecule has 0 unspecified atom stereocenters. The molecule has 2 heterocycles. The molecule has 1 aliphatic rings. The average Bonchev–Trinajstić information content (AvgIpc) is 2.82. The maximum Gasteiger partial charge on any atom is 0.0956 e. The quantitative estimate of drug-likeness (QED) is 0.827. The van der Waals surface area contributed by atoms with Crippen LogP contribution >= 0.6 is 11.3 Å². The Kier molecular flexibility index (Phi) is 2.74. The van der Waals surface area contributed by atoms with Gasteiger partial charge in [0.25, 0.3) is 0 Å². The molecule has 3 nitrogen and oxygen atoms in total. The Morgan fingerprint density at radius 2 is 2.24 bits per heavy atom. The molecule has 0 aromatic carbocycles. The lowest BCUT2D eigenvalue weighted by atomic mass is 10.2. The van der Waals surface area contributed by atoms with Crippen LogP contribution in [0.4, 0.5) is 0 Å². The summed E-state index contributed by atoms with van der Waals surface area (Å²) in [6.45, 7) is 5.44. The highest BCUT2D eigenvalue weighted by Gasteiger charge is 2.22. The first-order valence-electron chi connectivity index (χ1n) is 6.21. The summed E-state index contributed by atoms with van der Waals surface area (Å²) in [5.41, 5.74) is 1.20. The molecule has 0 radical (unpaired) electrons. The van der Waals surface area contributed by atoms with Crippen molar-refractivity contribution < 1.29 is 0 Å². The number of hydrogen-bond acceptors (Lipinski definition) is 3. The zero-order valence-electron chi connectivity index (χ0n) is 10.3. The van der Waals surface area contributed by atoms with E-state index >= 15 is 0 Å². The first-order valence-corrected chi connectivity index (χ1v) is 7.02. The van der Waals surface area contributed by atoms with E-state index < -0.39 is 0 Å². The van der Waals surface area contributed by atoms with E-state index in [0.29, 0.717) is 5.92 Å². The molecule has 0 atom stereocenters. The van der Waals surface area contributed by atoms with E-state index in [4.69, 9.17) is 0 Å². The van der Waals surface area contributed by atoms with Gasteiger partial charge in [-0.2, -0.15) is 5.10 Å². The topological polar surface area (TPSA) is 30.7 Å². The van der Waals surface area contributed by atoms with Crippen molar-refractivity contribution in [2.75, 3.05) is 0 Å². The first kappa shape index (κ1) is 11.0. The largest absolute Gasteiger partial charge is 0.272 e. The molecule has 2 aromatic heterocycles. The minimum absolute atomic E-state index is 0.509. The number of aromatic nitrogens is 3. The SMILES string of the molecule is CC(C)c1ncc(-c2cnn(CC3CC3)c2)s1. The van der Waals surface area contributed by atoms with Gasteiger partial charge in [0.15, 0.2) is 0 Å². The van der Waals surface area contributed by atoms with Crippen LogP contribution < -0.4 is 0 Å². The molecule has 0 aliphatic heterocycles. The van der Waals surface area contributed by atoms with E-state index in [2.05, 4.69) is 34.8 Å². The maximum atomic E-state index is 4.46. The van der Waals surface area contributed by atoms with E-state index in [1.807, 2.05) is 12.4 Å². The summed E-state index contributed by atoms with van der Waals surface area (Å²) in [6, 6.07) is 0. The van der Waals surface area contributed by atoms with Crippen LogP contribution in [0.5, 0.6) is 0 Å². The molecule has 0 saturated heterocycles. The second-order valence-electron chi connectivity index (χ2n) is 5.11. The summed E-state index contributed by atoms with van der Waals surface area (Å²) in [5, 5.41) is 5.63. The fourth-order valence-electron chi connectivity index (χ4n) is 1.84. The van der Waals surface area contributed by atoms with E-state index in [1.54, 1.807) is 11.3 Å². The number of hydrogen-bond donors (Lipinski definition) is 0. The Morgan fingerprint density at radius 3 is 2.88 bits per heavy atom. The van der Waals surface area contributed by atoms with E-state index in [9.17, 15) is 0 Å². The Morgan fingerprint density at radius 1 is 1.41 bits per heavy atom. The van der Waals surface area contributed by atoms with Crippen molar-refractivity contribution in [1.29, 1.82) is 0 Å². The van der Waals surface area contributed by atoms with Crippen molar-refractivity contribution in [2.24, 2.45) is 5.92 Å². The van der Waals surface area contributed by atoms with Gasteiger partial charge in [-0.25, -0.2) is 4.98 Å². The van der Waals surface area contributed by atoms with Gasteiger partial charge in [-0.05, 0) is 18.8 Å². The molecule has 17 heavy (non-hydrogen) atoms. The summed E-state index contributed by atoms with van der Waals surface area (Å²) >= 11 is 1.78. The number of rotatable bonds is 4. The van der Waals surface area contributed by atoms with Gasteiger partial charge in [-0.15, -0.1) is 11.3 Å². The Bertz CT molecular complexity index is 508. The van der Waals surface area contributed by atoms with Gasteiger partial charge in [-0.3, -0.25) is 4.68 Å². The van der Waals surface area contributed by atoms with Gasteiger partial charge in [0.05, 0.1) is 16.1 Å². The van der Waals surface area contributed by atoms with Crippen molar-refractivity contribution >= 4 is 11.3 Å². The van der Waals surface area contributed by atoms with E-state index in [0.717, 1.165) is 12.5 Å². The van der Waals surface area contributed by atoms with Crippen molar-refractivity contribution in [3.63, 3.8) is 0 Å². The van der Waals surface area contributed by atoms with Crippen LogP contribution in [0.3, 0.4) is 0 Å². The second-order valence-corrected chi connectivity index (χ2v) is 6.17. The van der Waals surface area contributed by atoms with Gasteiger partial charge < -0.3 is 0 Å². The molecule has 0 bridgehead atoms. The van der Waals surface area contributed by atoms with Crippen LogP contribution in [0.25, 0.3) is 10.4 Å². The van der Waals surface area contributed by atoms with Crippen LogP contribution in [0.15, 0.2) is 18.6 Å². The first-order chi connectivity index (χ1) is 8.22. The standard InChI is InChI=1S/C13H17N3S/c1-9(2)13-14-6-12(17-13)11-5-15-16(8-11)7-10-3-4-10/h5-6,8-10H,3-4,7H2,1-2H3. The molecule has 1 saturated carbocycles. The molecule has 1 fully saturated rings. The summed E-state index contributed by atoms with van der Waals surface area (Å²) in [5.74, 6) is 1.38. The van der Waals surface area contributed by atoms with E-state index in [1.165, 1.54) is 28.3 Å². The summed E-state index contributed by atoms with van der Waals surface area (Å²) < 4.78 is 2.07. The molecule has 2 aromatic rings. The molecule has 4 heteroatoms. The zero-order valence-corrected chi connectivity index (χ0v) is 11.1. The lowest BCUT2D eigenvalue weighted by Crippen LogP contribution is -1.98. The molecule has 0 spiro atoms. The molecule has 0 amide bonds. The highest BCUT2D eigenvalue weighted by atomic mass is 32.1. The maximum absolute atomic E-state index is 4.46. The second kappa shape index (κ2) is 4.26. The van der Waals surface area contributed by atoms with Gasteiger partial charge in [0.1, 0.15) is 0 Å². The Labute approximate surface area is 106 Å². The third-order valence-corrected chi connectivity index (χ3v) is 4.42. The fourth-order valence-corrected chi connectivity index (χ4v) is 2.74. The van der Waals surface area contributed by atoms with Crippen molar-refractivity contribution in [1.82, 2.24) is 14.8 Å². The van der Waals surface area contributed by atoms with Crippen molar-refractivity contribution in [3.05, 3.63) is 23.6 Å². The van der Waals surface area contributed by atoms with Crippen LogP contribution in [0.1, 0.15) is 37.6 Å². The third-order valence-electron chi connectivity index (χ3n) is 3.08. The van der Waals surface area contributed by atoms with Crippen LogP contribution in [-0.4, -0.2) is 14.8 Å². The third kappa shape index (κ3) is 2.41. The average molecular weight is 247 g/mol. The Hall–Kier alpha value is -1.16. The van der Waals surface area contributed by atoms with Crippen molar-refractivity contribution in [3.8, 4) is 10.4 Å². The minimum atomic E-state index is 0.509. The number of nitrogens with zero attached hydrogens (tertiary/aromatic N) is 3. The van der Waals surface area contributed by atoms with Gasteiger partial charge in [0.2, 0.25) is 0 Å². The normalized spacial score (nSPS) is 15.7. The fraction of sp³-hybridized carbons (Fsp3) is 0.538. The predicted molar refractivity (Wildman–Crippen MR) is 70.1 cm³/mol. The summed E-state index contributed by atoms with van der Waals surface area (Å²) in [4.78, 5) is 5.69. The van der Waals surface area contributed by atoms with Crippen LogP contribution in [-0.2, 0) is 6.54 Å². The molecule has 0 N–H and O–H groups in total. The lowest BCUT2D eigenvalue weighted by Gasteiger charge is -1.96. The van der Waals surface area contributed by atoms with E-state index in [-0.39, 0.29) is 0 Å². The lowest BCUT2D eigenvalue weighted by molar-refractivity contribution is 0.563. The Balaban J connectivity index is 1.79.